The molecule has 1 aromatic heterocycles. The summed E-state index contributed by atoms with van der Waals surface area (Å²) in [5, 5.41) is 4.30. The third-order valence-electron chi connectivity index (χ3n) is 4.34. The zero-order valence-corrected chi connectivity index (χ0v) is 16.5. The Labute approximate surface area is 166 Å². The molecule has 0 aliphatic rings. The van der Waals surface area contributed by atoms with Gasteiger partial charge in [0.15, 0.2) is 0 Å². The molecule has 4 nitrogen and oxygen atoms in total. The molecule has 1 N–H and O–H groups in total. The van der Waals surface area contributed by atoms with Gasteiger partial charge in [-0.1, -0.05) is 49.6 Å². The van der Waals surface area contributed by atoms with Crippen molar-refractivity contribution in [2.45, 2.75) is 32.6 Å². The molecule has 0 fully saturated rings. The van der Waals surface area contributed by atoms with E-state index in [1.54, 1.807) is 12.2 Å². The number of fused-ring (bicyclic) bond motifs is 1. The molecule has 2 unspecified atom stereocenters. The van der Waals surface area contributed by atoms with Crippen LogP contribution in [-0.4, -0.2) is 36.2 Å². The van der Waals surface area contributed by atoms with Crippen LogP contribution in [0, 0.1) is 0 Å². The number of rotatable bonds is 10. The second-order valence-corrected chi connectivity index (χ2v) is 6.50. The number of hydrogen-bond acceptors (Lipinski definition) is 4. The van der Waals surface area contributed by atoms with Gasteiger partial charge in [-0.3, -0.25) is 15.0 Å². The molecule has 0 saturated heterocycles. The maximum absolute atomic E-state index is 13.8. The topological polar surface area (TPSA) is 49.6 Å². The van der Waals surface area contributed by atoms with Gasteiger partial charge in [0.25, 0.3) is 0 Å². The lowest BCUT2D eigenvalue weighted by atomic mass is 10.1. The third-order valence-corrected chi connectivity index (χ3v) is 4.34. The number of aliphatic imine (C=N–C) groups is 2. The van der Waals surface area contributed by atoms with Crippen molar-refractivity contribution in [2.24, 2.45) is 9.98 Å². The van der Waals surface area contributed by atoms with Gasteiger partial charge in [-0.05, 0) is 32.7 Å². The molecular weight excluding hydrogens is 351 g/mol. The van der Waals surface area contributed by atoms with Gasteiger partial charge in [-0.15, -0.1) is 0 Å². The average molecular weight is 378 g/mol. The second-order valence-electron chi connectivity index (χ2n) is 6.50. The largest absolute Gasteiger partial charge is 0.377 e. The summed E-state index contributed by atoms with van der Waals surface area (Å²) in [5.74, 6) is 0. The molecule has 28 heavy (non-hydrogen) atoms. The first-order chi connectivity index (χ1) is 13.5. The van der Waals surface area contributed by atoms with Crippen molar-refractivity contribution >= 4 is 23.3 Å². The van der Waals surface area contributed by atoms with Crippen molar-refractivity contribution in [1.29, 1.82) is 0 Å². The van der Waals surface area contributed by atoms with Gasteiger partial charge >= 0.3 is 0 Å². The maximum Gasteiger partial charge on any atom is 0.124 e. The van der Waals surface area contributed by atoms with Crippen LogP contribution in [0.5, 0.6) is 0 Å². The van der Waals surface area contributed by atoms with Crippen LogP contribution in [0.25, 0.3) is 10.9 Å². The Hall–Kier alpha value is -3.08. The van der Waals surface area contributed by atoms with E-state index in [-0.39, 0.29) is 6.04 Å². The molecule has 0 bridgehead atoms. The summed E-state index contributed by atoms with van der Waals surface area (Å²) in [6, 6.07) is 11.8. The van der Waals surface area contributed by atoms with Crippen molar-refractivity contribution in [2.75, 3.05) is 6.54 Å². The lowest BCUT2D eigenvalue weighted by Gasteiger charge is -2.21. The van der Waals surface area contributed by atoms with E-state index in [4.69, 9.17) is 0 Å². The third kappa shape index (κ3) is 5.71. The van der Waals surface area contributed by atoms with E-state index >= 15 is 0 Å². The van der Waals surface area contributed by atoms with Crippen molar-refractivity contribution in [3.63, 3.8) is 0 Å². The molecule has 5 heteroatoms. The summed E-state index contributed by atoms with van der Waals surface area (Å²) in [5.41, 5.74) is 3.58. The molecule has 0 spiro atoms. The number of allylic oxidation sites excluding steroid dienone is 3. The molecule has 0 amide bonds. The van der Waals surface area contributed by atoms with Crippen molar-refractivity contribution in [1.82, 2.24) is 10.3 Å². The molecule has 146 valence electrons. The summed E-state index contributed by atoms with van der Waals surface area (Å²) >= 11 is 0. The first kappa shape index (κ1) is 21.2. The van der Waals surface area contributed by atoms with Gasteiger partial charge in [0.05, 0.1) is 36.1 Å². The van der Waals surface area contributed by atoms with Crippen LogP contribution in [0.2, 0.25) is 0 Å². The number of aromatic nitrogens is 1. The highest BCUT2D eigenvalue weighted by Crippen LogP contribution is 2.15. The van der Waals surface area contributed by atoms with E-state index in [9.17, 15) is 4.39 Å². The van der Waals surface area contributed by atoms with Crippen molar-refractivity contribution < 1.29 is 4.39 Å². The summed E-state index contributed by atoms with van der Waals surface area (Å²) in [6.45, 7) is 15.4. The van der Waals surface area contributed by atoms with Crippen LogP contribution in [0.1, 0.15) is 19.5 Å². The standard InChI is InChI=1S/C23H27FN4/c1-6-9-21(16(2)24)17(3)27-18(4)23(15-25-5)26-14-20-13-12-19-10-7-8-11-22(19)28-20/h6-13,16,18,27H,1,3,5,14-15H2,2,4H3/b21-9+,26-23+. The molecule has 2 rings (SSSR count). The van der Waals surface area contributed by atoms with Crippen LogP contribution >= 0.6 is 0 Å². The van der Waals surface area contributed by atoms with E-state index < -0.39 is 6.17 Å². The number of alkyl halides is 1. The van der Waals surface area contributed by atoms with Crippen LogP contribution < -0.4 is 5.32 Å². The molecular formula is C23H27FN4. The molecule has 0 radical (unpaired) electrons. The van der Waals surface area contributed by atoms with E-state index in [0.717, 1.165) is 22.3 Å². The van der Waals surface area contributed by atoms with Gasteiger partial charge in [-0.2, -0.15) is 0 Å². The van der Waals surface area contributed by atoms with Crippen molar-refractivity contribution in [3.05, 3.63) is 78.7 Å². The van der Waals surface area contributed by atoms with Gasteiger partial charge in [0, 0.05) is 16.7 Å². The minimum Gasteiger partial charge on any atom is -0.377 e. The maximum atomic E-state index is 13.8. The second kappa shape index (κ2) is 10.3. The minimum absolute atomic E-state index is 0.176. The Morgan fingerprint density at radius 3 is 2.68 bits per heavy atom. The van der Waals surface area contributed by atoms with E-state index in [0.29, 0.717) is 24.4 Å². The number of pyridine rings is 1. The highest BCUT2D eigenvalue weighted by Gasteiger charge is 2.15. The number of hydrogen-bond donors (Lipinski definition) is 1. The monoisotopic (exact) mass is 378 g/mol. The number of nitrogens with one attached hydrogen (secondary N) is 1. The minimum atomic E-state index is -1.15. The number of nitrogens with zero attached hydrogens (tertiary/aromatic N) is 3. The van der Waals surface area contributed by atoms with Crippen LogP contribution in [0.3, 0.4) is 0 Å². The predicted octanol–water partition coefficient (Wildman–Crippen LogP) is 4.84. The first-order valence-electron chi connectivity index (χ1n) is 9.19. The Morgan fingerprint density at radius 2 is 2.00 bits per heavy atom. The van der Waals surface area contributed by atoms with Gasteiger partial charge < -0.3 is 5.32 Å². The molecule has 0 saturated carbocycles. The number of halogens is 1. The number of para-hydroxylation sites is 1. The molecule has 1 aromatic carbocycles. The predicted molar refractivity (Wildman–Crippen MR) is 118 cm³/mol. The smallest absolute Gasteiger partial charge is 0.124 e. The fourth-order valence-electron chi connectivity index (χ4n) is 2.85. The fraction of sp³-hybridized carbons (Fsp3) is 0.261. The lowest BCUT2D eigenvalue weighted by Crippen LogP contribution is -2.36. The summed E-state index contributed by atoms with van der Waals surface area (Å²) in [4.78, 5) is 13.3. The van der Waals surface area contributed by atoms with Crippen LogP contribution in [0.4, 0.5) is 4.39 Å². The van der Waals surface area contributed by atoms with Gasteiger partial charge in [0.2, 0.25) is 0 Å². The van der Waals surface area contributed by atoms with Crippen LogP contribution in [-0.2, 0) is 6.54 Å². The summed E-state index contributed by atoms with van der Waals surface area (Å²) in [7, 11) is 0. The average Bonchev–Trinajstić information content (AvgIpc) is 2.68. The molecule has 2 atom stereocenters. The summed E-state index contributed by atoms with van der Waals surface area (Å²) in [6.07, 6.45) is 2.02. The Kier molecular flexibility index (Phi) is 7.81. The fourth-order valence-corrected chi connectivity index (χ4v) is 2.85. The Bertz CT molecular complexity index is 912. The zero-order valence-electron chi connectivity index (χ0n) is 16.5. The van der Waals surface area contributed by atoms with Crippen LogP contribution in [0.15, 0.2) is 83.0 Å². The van der Waals surface area contributed by atoms with E-state index in [1.807, 2.05) is 43.3 Å². The molecule has 1 heterocycles. The van der Waals surface area contributed by atoms with Gasteiger partial charge in [-0.25, -0.2) is 4.39 Å². The summed E-state index contributed by atoms with van der Waals surface area (Å²) < 4.78 is 13.8. The van der Waals surface area contributed by atoms with Gasteiger partial charge in [0.1, 0.15) is 6.17 Å². The van der Waals surface area contributed by atoms with E-state index in [1.165, 1.54) is 6.92 Å². The molecule has 0 aliphatic heterocycles. The van der Waals surface area contributed by atoms with Crippen molar-refractivity contribution in [3.8, 4) is 0 Å². The first-order valence-corrected chi connectivity index (χ1v) is 9.19. The normalized spacial score (nSPS) is 14.4. The number of benzene rings is 1. The molecule has 2 aromatic rings. The lowest BCUT2D eigenvalue weighted by molar-refractivity contribution is 0.411. The van der Waals surface area contributed by atoms with E-state index in [2.05, 4.69) is 40.2 Å². The SMILES string of the molecule is C=C/C=C(/C(=C)NC(C)/C(CN=C)=N/Cc1ccc2ccccc2n1)C(C)F. The highest BCUT2D eigenvalue weighted by atomic mass is 19.1. The Morgan fingerprint density at radius 1 is 1.25 bits per heavy atom. The molecule has 0 aliphatic carbocycles. The quantitative estimate of drug-likeness (QED) is 0.475. The Balaban J connectivity index is 2.15. The highest BCUT2D eigenvalue weighted by molar-refractivity contribution is 5.91. The zero-order chi connectivity index (χ0) is 20.5.